The number of rotatable bonds is 5. The van der Waals surface area contributed by atoms with Crippen LogP contribution in [0.15, 0.2) is 53.7 Å². The minimum atomic E-state index is -0.0395. The molecule has 0 saturated carbocycles. The molecule has 0 spiro atoms. The van der Waals surface area contributed by atoms with Crippen molar-refractivity contribution in [1.29, 1.82) is 0 Å². The summed E-state index contributed by atoms with van der Waals surface area (Å²) in [6, 6.07) is 11.6. The van der Waals surface area contributed by atoms with Gasteiger partial charge in [0.05, 0.1) is 12.0 Å². The number of pyridine rings is 1. The van der Waals surface area contributed by atoms with Gasteiger partial charge in [0.1, 0.15) is 10.1 Å². The van der Waals surface area contributed by atoms with E-state index in [1.54, 1.807) is 24.4 Å². The van der Waals surface area contributed by atoms with Crippen LogP contribution in [0.5, 0.6) is 5.75 Å². The number of carbonyl (C=O) groups excluding carboxylic acids is 1. The Labute approximate surface area is 150 Å². The topological polar surface area (TPSA) is 42.4 Å². The number of aromatic nitrogens is 1. The van der Waals surface area contributed by atoms with E-state index in [0.29, 0.717) is 15.8 Å². The van der Waals surface area contributed by atoms with Gasteiger partial charge in [-0.05, 0) is 41.8 Å². The van der Waals surface area contributed by atoms with E-state index in [1.165, 1.54) is 11.8 Å². The Hall–Kier alpha value is -2.18. The van der Waals surface area contributed by atoms with Gasteiger partial charge in [0, 0.05) is 18.9 Å². The molecule has 24 heavy (non-hydrogen) atoms. The SMILES string of the molecule is COc1ccc(CCN2C(=O)/C(=C/c3cccnc3)SC2=S)cc1. The van der Waals surface area contributed by atoms with Crippen LogP contribution in [0, 0.1) is 0 Å². The first-order valence-electron chi connectivity index (χ1n) is 7.45. The molecule has 1 amide bonds. The van der Waals surface area contributed by atoms with E-state index in [0.717, 1.165) is 23.3 Å². The average molecular weight is 356 g/mol. The van der Waals surface area contributed by atoms with Crippen LogP contribution in [0.25, 0.3) is 6.08 Å². The number of nitrogens with zero attached hydrogens (tertiary/aromatic N) is 2. The van der Waals surface area contributed by atoms with Crippen molar-refractivity contribution in [3.05, 3.63) is 64.8 Å². The van der Waals surface area contributed by atoms with Crippen LogP contribution in [0.2, 0.25) is 0 Å². The molecule has 0 bridgehead atoms. The molecule has 0 atom stereocenters. The number of thiocarbonyl (C=S) groups is 1. The number of ether oxygens (including phenoxy) is 1. The molecule has 1 fully saturated rings. The summed E-state index contributed by atoms with van der Waals surface area (Å²) >= 11 is 6.70. The van der Waals surface area contributed by atoms with Crippen LogP contribution in [0.4, 0.5) is 0 Å². The van der Waals surface area contributed by atoms with Gasteiger partial charge >= 0.3 is 0 Å². The normalized spacial score (nSPS) is 16.0. The molecule has 0 N–H and O–H groups in total. The predicted molar refractivity (Wildman–Crippen MR) is 101 cm³/mol. The smallest absolute Gasteiger partial charge is 0.266 e. The summed E-state index contributed by atoms with van der Waals surface area (Å²) < 4.78 is 5.75. The summed E-state index contributed by atoms with van der Waals surface area (Å²) in [5.41, 5.74) is 2.04. The summed E-state index contributed by atoms with van der Waals surface area (Å²) in [6.45, 7) is 0.571. The molecule has 2 heterocycles. The standard InChI is InChI=1S/C18H16N2O2S2/c1-22-15-6-4-13(5-7-15)8-10-20-17(21)16(24-18(20)23)11-14-3-2-9-19-12-14/h2-7,9,11-12H,8,10H2,1H3/b16-11-. The third-order valence-corrected chi connectivity index (χ3v) is 5.02. The predicted octanol–water partition coefficient (Wildman–Crippen LogP) is 3.53. The number of amides is 1. The largest absolute Gasteiger partial charge is 0.497 e. The van der Waals surface area contributed by atoms with E-state index in [4.69, 9.17) is 17.0 Å². The number of carbonyl (C=O) groups is 1. The molecule has 6 heteroatoms. The molecule has 0 unspecified atom stereocenters. The van der Waals surface area contributed by atoms with Crippen LogP contribution in [0.3, 0.4) is 0 Å². The minimum Gasteiger partial charge on any atom is -0.497 e. The second-order valence-corrected chi connectivity index (χ2v) is 6.89. The van der Waals surface area contributed by atoms with Crippen molar-refractivity contribution in [2.75, 3.05) is 13.7 Å². The van der Waals surface area contributed by atoms with E-state index >= 15 is 0 Å². The van der Waals surface area contributed by atoms with E-state index in [2.05, 4.69) is 4.98 Å². The molecule has 1 aliphatic heterocycles. The average Bonchev–Trinajstić information content (AvgIpc) is 2.88. The molecule has 122 valence electrons. The number of methoxy groups -OCH3 is 1. The van der Waals surface area contributed by atoms with Gasteiger partial charge in [-0.2, -0.15) is 0 Å². The van der Waals surface area contributed by atoms with Crippen LogP contribution in [-0.4, -0.2) is 33.8 Å². The fraction of sp³-hybridized carbons (Fsp3) is 0.167. The highest BCUT2D eigenvalue weighted by molar-refractivity contribution is 8.26. The first-order valence-corrected chi connectivity index (χ1v) is 8.68. The van der Waals surface area contributed by atoms with Crippen molar-refractivity contribution in [1.82, 2.24) is 9.88 Å². The van der Waals surface area contributed by atoms with Gasteiger partial charge in [-0.1, -0.05) is 42.2 Å². The molecular weight excluding hydrogens is 340 g/mol. The fourth-order valence-corrected chi connectivity index (χ4v) is 3.65. The number of hydrogen-bond donors (Lipinski definition) is 0. The van der Waals surface area contributed by atoms with Crippen LogP contribution in [-0.2, 0) is 11.2 Å². The van der Waals surface area contributed by atoms with Crippen LogP contribution in [0.1, 0.15) is 11.1 Å². The summed E-state index contributed by atoms with van der Waals surface area (Å²) in [6.07, 6.45) is 6.01. The summed E-state index contributed by atoms with van der Waals surface area (Å²) in [5, 5.41) is 0. The maximum Gasteiger partial charge on any atom is 0.266 e. The van der Waals surface area contributed by atoms with E-state index in [1.807, 2.05) is 42.5 Å². The molecule has 1 saturated heterocycles. The Morgan fingerprint density at radius 2 is 2.08 bits per heavy atom. The summed E-state index contributed by atoms with van der Waals surface area (Å²) in [5.74, 6) is 0.783. The van der Waals surface area contributed by atoms with Crippen molar-refractivity contribution in [2.24, 2.45) is 0 Å². The number of thioether (sulfide) groups is 1. The van der Waals surface area contributed by atoms with Gasteiger partial charge in [0.25, 0.3) is 5.91 Å². The van der Waals surface area contributed by atoms with E-state index < -0.39 is 0 Å². The third-order valence-electron chi connectivity index (χ3n) is 3.64. The lowest BCUT2D eigenvalue weighted by atomic mass is 10.1. The quantitative estimate of drug-likeness (QED) is 0.606. The van der Waals surface area contributed by atoms with E-state index in [-0.39, 0.29) is 5.91 Å². The monoisotopic (exact) mass is 356 g/mol. The van der Waals surface area contributed by atoms with Crippen LogP contribution < -0.4 is 4.74 Å². The Morgan fingerprint density at radius 3 is 2.75 bits per heavy atom. The van der Waals surface area contributed by atoms with Gasteiger partial charge < -0.3 is 4.74 Å². The minimum absolute atomic E-state index is 0.0395. The van der Waals surface area contributed by atoms with Crippen molar-refractivity contribution in [3.63, 3.8) is 0 Å². The van der Waals surface area contributed by atoms with Gasteiger partial charge in [0.15, 0.2) is 0 Å². The second kappa shape index (κ2) is 7.59. The highest BCUT2D eigenvalue weighted by Crippen LogP contribution is 2.32. The lowest BCUT2D eigenvalue weighted by molar-refractivity contribution is -0.122. The molecule has 2 aromatic rings. The van der Waals surface area contributed by atoms with E-state index in [9.17, 15) is 4.79 Å². The molecule has 1 aliphatic rings. The first-order chi connectivity index (χ1) is 11.7. The Balaban J connectivity index is 1.67. The van der Waals surface area contributed by atoms with Crippen molar-refractivity contribution in [2.45, 2.75) is 6.42 Å². The zero-order chi connectivity index (χ0) is 16.9. The summed E-state index contributed by atoms with van der Waals surface area (Å²) in [7, 11) is 1.64. The maximum atomic E-state index is 12.6. The van der Waals surface area contributed by atoms with Gasteiger partial charge in [0.2, 0.25) is 0 Å². The molecule has 4 nitrogen and oxygen atoms in total. The maximum absolute atomic E-state index is 12.6. The highest BCUT2D eigenvalue weighted by atomic mass is 32.2. The Morgan fingerprint density at radius 1 is 1.29 bits per heavy atom. The van der Waals surface area contributed by atoms with Gasteiger partial charge in [-0.25, -0.2) is 0 Å². The zero-order valence-corrected chi connectivity index (χ0v) is 14.8. The van der Waals surface area contributed by atoms with Gasteiger partial charge in [-0.3, -0.25) is 14.7 Å². The lowest BCUT2D eigenvalue weighted by Crippen LogP contribution is -2.30. The molecule has 1 aromatic heterocycles. The van der Waals surface area contributed by atoms with Crippen LogP contribution >= 0.6 is 24.0 Å². The molecule has 1 aromatic carbocycles. The number of benzene rings is 1. The fourth-order valence-electron chi connectivity index (χ4n) is 2.34. The highest BCUT2D eigenvalue weighted by Gasteiger charge is 2.31. The second-order valence-electron chi connectivity index (χ2n) is 5.22. The zero-order valence-electron chi connectivity index (χ0n) is 13.1. The lowest BCUT2D eigenvalue weighted by Gasteiger charge is -2.14. The molecule has 3 rings (SSSR count). The first kappa shape index (κ1) is 16.7. The number of hydrogen-bond acceptors (Lipinski definition) is 5. The van der Waals surface area contributed by atoms with Crippen molar-refractivity contribution >= 4 is 40.3 Å². The van der Waals surface area contributed by atoms with Gasteiger partial charge in [-0.15, -0.1) is 0 Å². The Bertz CT molecular complexity index is 773. The van der Waals surface area contributed by atoms with Crippen molar-refractivity contribution < 1.29 is 9.53 Å². The van der Waals surface area contributed by atoms with Crippen molar-refractivity contribution in [3.8, 4) is 5.75 Å². The molecule has 0 aliphatic carbocycles. The molecule has 0 radical (unpaired) electrons. The molecular formula is C18H16N2O2S2. The Kier molecular flexibility index (Phi) is 5.27. The third kappa shape index (κ3) is 3.83. The summed E-state index contributed by atoms with van der Waals surface area (Å²) in [4.78, 5) is 18.9.